The molecule has 7 nitrogen and oxygen atoms in total. The van der Waals surface area contributed by atoms with Gasteiger partial charge in [-0.1, -0.05) is 17.7 Å². The molecule has 2 saturated heterocycles. The molecule has 3 heterocycles. The average Bonchev–Trinajstić information content (AvgIpc) is 3.41. The van der Waals surface area contributed by atoms with Gasteiger partial charge in [0.25, 0.3) is 0 Å². The van der Waals surface area contributed by atoms with Gasteiger partial charge in [-0.05, 0) is 75.1 Å². The summed E-state index contributed by atoms with van der Waals surface area (Å²) in [6, 6.07) is 16.8. The molecule has 2 aliphatic rings. The molecule has 1 unspecified atom stereocenters. The normalized spacial score (nSPS) is 19.4. The number of benzene rings is 2. The van der Waals surface area contributed by atoms with Crippen LogP contribution >= 0.6 is 0 Å². The van der Waals surface area contributed by atoms with Gasteiger partial charge in [-0.3, -0.25) is 4.79 Å². The number of nitrogens with one attached hydrogen (secondary N) is 1. The Morgan fingerprint density at radius 1 is 0.971 bits per heavy atom. The zero-order valence-electron chi connectivity index (χ0n) is 19.4. The van der Waals surface area contributed by atoms with Crippen molar-refractivity contribution in [2.75, 3.05) is 36.4 Å². The topological polar surface area (TPSA) is 82.6 Å². The Morgan fingerprint density at radius 3 is 2.50 bits per heavy atom. The summed E-state index contributed by atoms with van der Waals surface area (Å²) in [4.78, 5) is 20.1. The van der Waals surface area contributed by atoms with E-state index in [0.29, 0.717) is 24.5 Å². The number of sulfonamides is 1. The van der Waals surface area contributed by atoms with E-state index in [9.17, 15) is 13.2 Å². The fourth-order valence-electron chi connectivity index (χ4n) is 4.79. The van der Waals surface area contributed by atoms with E-state index in [4.69, 9.17) is 4.98 Å². The van der Waals surface area contributed by atoms with Crippen molar-refractivity contribution in [2.45, 2.75) is 37.5 Å². The highest BCUT2D eigenvalue weighted by Gasteiger charge is 2.28. The van der Waals surface area contributed by atoms with Crippen LogP contribution in [0.4, 0.5) is 11.5 Å². The minimum atomic E-state index is -3.46. The van der Waals surface area contributed by atoms with Crippen LogP contribution in [-0.4, -0.2) is 49.8 Å². The molecule has 1 amide bonds. The number of hydrogen-bond acceptors (Lipinski definition) is 5. The van der Waals surface area contributed by atoms with E-state index in [-0.39, 0.29) is 11.8 Å². The van der Waals surface area contributed by atoms with Crippen molar-refractivity contribution in [1.82, 2.24) is 9.29 Å². The highest BCUT2D eigenvalue weighted by Crippen LogP contribution is 2.28. The number of aromatic nitrogens is 1. The summed E-state index contributed by atoms with van der Waals surface area (Å²) in [6.45, 7) is 4.65. The molecule has 2 aliphatic heterocycles. The molecule has 2 aromatic carbocycles. The average molecular weight is 479 g/mol. The van der Waals surface area contributed by atoms with Gasteiger partial charge in [-0.15, -0.1) is 0 Å². The first-order valence-corrected chi connectivity index (χ1v) is 13.4. The maximum absolute atomic E-state index is 12.9. The minimum Gasteiger partial charge on any atom is -0.356 e. The highest BCUT2D eigenvalue weighted by atomic mass is 32.2. The Labute approximate surface area is 200 Å². The highest BCUT2D eigenvalue weighted by molar-refractivity contribution is 7.89. The van der Waals surface area contributed by atoms with Crippen LogP contribution in [0.5, 0.6) is 0 Å². The molecule has 178 valence electrons. The number of anilines is 2. The Balaban J connectivity index is 1.31. The monoisotopic (exact) mass is 478 g/mol. The van der Waals surface area contributed by atoms with Gasteiger partial charge in [0.2, 0.25) is 15.9 Å². The Kier molecular flexibility index (Phi) is 6.27. The van der Waals surface area contributed by atoms with E-state index in [1.54, 1.807) is 22.5 Å². The van der Waals surface area contributed by atoms with Gasteiger partial charge < -0.3 is 10.2 Å². The lowest BCUT2D eigenvalue weighted by Gasteiger charge is -2.33. The molecule has 34 heavy (non-hydrogen) atoms. The van der Waals surface area contributed by atoms with Crippen molar-refractivity contribution in [3.63, 3.8) is 0 Å². The fraction of sp³-hybridized carbons (Fsp3) is 0.385. The lowest BCUT2D eigenvalue weighted by atomic mass is 9.97. The van der Waals surface area contributed by atoms with Crippen molar-refractivity contribution < 1.29 is 13.2 Å². The van der Waals surface area contributed by atoms with E-state index in [2.05, 4.69) is 10.2 Å². The molecule has 0 aliphatic carbocycles. The lowest BCUT2D eigenvalue weighted by Crippen LogP contribution is -2.41. The number of pyridine rings is 1. The lowest BCUT2D eigenvalue weighted by molar-refractivity contribution is -0.120. The molecule has 0 bridgehead atoms. The smallest absolute Gasteiger partial charge is 0.243 e. The van der Waals surface area contributed by atoms with Crippen molar-refractivity contribution in [3.8, 4) is 0 Å². The molecular formula is C26H30N4O3S. The van der Waals surface area contributed by atoms with E-state index >= 15 is 0 Å². The van der Waals surface area contributed by atoms with Gasteiger partial charge in [0.1, 0.15) is 5.82 Å². The molecule has 3 aromatic rings. The van der Waals surface area contributed by atoms with E-state index in [1.807, 2.05) is 43.3 Å². The maximum Gasteiger partial charge on any atom is 0.243 e. The van der Waals surface area contributed by atoms with Crippen molar-refractivity contribution in [2.24, 2.45) is 5.92 Å². The van der Waals surface area contributed by atoms with E-state index in [0.717, 1.165) is 60.2 Å². The number of rotatable bonds is 5. The van der Waals surface area contributed by atoms with E-state index < -0.39 is 10.0 Å². The minimum absolute atomic E-state index is 0.0334. The second kappa shape index (κ2) is 9.35. The van der Waals surface area contributed by atoms with E-state index in [1.165, 1.54) is 0 Å². The van der Waals surface area contributed by atoms with Crippen LogP contribution in [0.2, 0.25) is 0 Å². The first-order chi connectivity index (χ1) is 16.4. The van der Waals surface area contributed by atoms with Crippen LogP contribution in [0.25, 0.3) is 10.9 Å². The molecule has 0 radical (unpaired) electrons. The number of carbonyl (C=O) groups is 1. The second-order valence-corrected chi connectivity index (χ2v) is 11.2. The second-order valence-electron chi connectivity index (χ2n) is 9.28. The number of amides is 1. The third-order valence-electron chi connectivity index (χ3n) is 6.78. The Morgan fingerprint density at radius 2 is 1.74 bits per heavy atom. The van der Waals surface area contributed by atoms with Crippen molar-refractivity contribution >= 4 is 38.3 Å². The third kappa shape index (κ3) is 4.65. The summed E-state index contributed by atoms with van der Waals surface area (Å²) in [6.07, 6.45) is 3.59. The molecule has 5 rings (SSSR count). The van der Waals surface area contributed by atoms with Gasteiger partial charge in [0, 0.05) is 37.3 Å². The zero-order valence-corrected chi connectivity index (χ0v) is 20.2. The predicted octanol–water partition coefficient (Wildman–Crippen LogP) is 4.18. The number of nitrogens with zero attached hydrogens (tertiary/aromatic N) is 3. The first-order valence-electron chi connectivity index (χ1n) is 11.9. The molecule has 2 fully saturated rings. The van der Waals surface area contributed by atoms with Gasteiger partial charge in [-0.25, -0.2) is 13.4 Å². The summed E-state index contributed by atoms with van der Waals surface area (Å²) >= 11 is 0. The predicted molar refractivity (Wildman–Crippen MR) is 134 cm³/mol. The SMILES string of the molecule is Cc1ccc(NC(=O)C2CCCN(c3ccc4cc(S(=O)(=O)N5CCCC5)ccc4n3)C2)cc1. The Bertz CT molecular complexity index is 1300. The summed E-state index contributed by atoms with van der Waals surface area (Å²) < 4.78 is 27.4. The molecule has 1 atom stereocenters. The van der Waals surface area contributed by atoms with Crippen LogP contribution in [0.1, 0.15) is 31.2 Å². The van der Waals surface area contributed by atoms with Crippen LogP contribution < -0.4 is 10.2 Å². The third-order valence-corrected chi connectivity index (χ3v) is 8.68. The maximum atomic E-state index is 12.9. The molecule has 0 spiro atoms. The van der Waals surface area contributed by atoms with Gasteiger partial charge >= 0.3 is 0 Å². The fourth-order valence-corrected chi connectivity index (χ4v) is 6.34. The summed E-state index contributed by atoms with van der Waals surface area (Å²) in [5.41, 5.74) is 2.73. The van der Waals surface area contributed by atoms with Gasteiger partial charge in [0.05, 0.1) is 16.3 Å². The summed E-state index contributed by atoms with van der Waals surface area (Å²) in [5, 5.41) is 3.84. The summed E-state index contributed by atoms with van der Waals surface area (Å²) in [5.74, 6) is 0.738. The van der Waals surface area contributed by atoms with Gasteiger partial charge in [0.15, 0.2) is 0 Å². The first kappa shape index (κ1) is 22.8. The number of carbonyl (C=O) groups excluding carboxylic acids is 1. The van der Waals surface area contributed by atoms with Crippen molar-refractivity contribution in [1.29, 1.82) is 0 Å². The number of hydrogen-bond donors (Lipinski definition) is 1. The molecule has 0 saturated carbocycles. The molecular weight excluding hydrogens is 448 g/mol. The summed E-state index contributed by atoms with van der Waals surface area (Å²) in [7, 11) is -3.46. The van der Waals surface area contributed by atoms with Crippen molar-refractivity contribution in [3.05, 3.63) is 60.2 Å². The standard InChI is InChI=1S/C26H30N4O3S/c1-19-6-9-22(10-7-19)27-26(31)21-5-4-14-29(18-21)25-13-8-20-17-23(11-12-24(20)28-25)34(32,33)30-15-2-3-16-30/h6-13,17,21H,2-5,14-16,18H2,1H3,(H,27,31). The molecule has 1 aromatic heterocycles. The Hall–Kier alpha value is -2.97. The number of fused-ring (bicyclic) bond motifs is 1. The number of piperidine rings is 1. The van der Waals surface area contributed by atoms with Gasteiger partial charge in [-0.2, -0.15) is 4.31 Å². The van der Waals surface area contributed by atoms with Crippen LogP contribution in [-0.2, 0) is 14.8 Å². The largest absolute Gasteiger partial charge is 0.356 e. The molecule has 1 N–H and O–H groups in total. The van der Waals surface area contributed by atoms with Crippen LogP contribution in [0.15, 0.2) is 59.5 Å². The molecule has 8 heteroatoms. The van der Waals surface area contributed by atoms with Crippen LogP contribution in [0.3, 0.4) is 0 Å². The zero-order chi connectivity index (χ0) is 23.7. The number of aryl methyl sites for hydroxylation is 1. The quantitative estimate of drug-likeness (QED) is 0.595. The van der Waals surface area contributed by atoms with Crippen LogP contribution in [0, 0.1) is 12.8 Å².